The van der Waals surface area contributed by atoms with Gasteiger partial charge in [0.25, 0.3) is 5.91 Å². The number of amides is 1. The van der Waals surface area contributed by atoms with Crippen molar-refractivity contribution >= 4 is 11.6 Å². The lowest BCUT2D eigenvalue weighted by molar-refractivity contribution is 0.0962. The Kier molecular flexibility index (Phi) is 2.74. The van der Waals surface area contributed by atoms with E-state index in [1.165, 1.54) is 6.07 Å². The number of rotatable bonds is 2. The molecule has 13 heavy (non-hydrogen) atoms. The molecule has 4 nitrogen and oxygen atoms in total. The van der Waals surface area contributed by atoms with Crippen LogP contribution in [0.15, 0.2) is 18.2 Å². The van der Waals surface area contributed by atoms with Gasteiger partial charge in [-0.05, 0) is 18.2 Å². The Bertz CT molecular complexity index is 323. The molecular weight excluding hydrogens is 168 g/mol. The number of anilines is 1. The minimum Gasteiger partial charge on any atom is -0.506 e. The lowest BCUT2D eigenvalue weighted by Gasteiger charge is -2.05. The maximum absolute atomic E-state index is 11.1. The van der Waals surface area contributed by atoms with Gasteiger partial charge in [0.2, 0.25) is 0 Å². The second kappa shape index (κ2) is 3.80. The molecule has 0 saturated heterocycles. The molecule has 1 aromatic carbocycles. The molecule has 0 radical (unpaired) electrons. The first-order valence-electron chi connectivity index (χ1n) is 3.92. The SMILES string of the molecule is CNC(=O)c1ccc(NC)c(O)c1. The van der Waals surface area contributed by atoms with E-state index >= 15 is 0 Å². The zero-order valence-electron chi connectivity index (χ0n) is 7.59. The highest BCUT2D eigenvalue weighted by molar-refractivity contribution is 5.95. The fourth-order valence-corrected chi connectivity index (χ4v) is 1.03. The quantitative estimate of drug-likeness (QED) is 0.590. The largest absolute Gasteiger partial charge is 0.506 e. The normalized spacial score (nSPS) is 9.38. The standard InChI is InChI=1S/C9H12N2O2/c1-10-7-4-3-6(5-8(7)12)9(13)11-2/h3-5,10,12H,1-2H3,(H,11,13). The van der Waals surface area contributed by atoms with Crippen LogP contribution in [0.25, 0.3) is 0 Å². The molecule has 0 fully saturated rings. The highest BCUT2D eigenvalue weighted by Crippen LogP contribution is 2.23. The van der Waals surface area contributed by atoms with Crippen molar-refractivity contribution in [2.24, 2.45) is 0 Å². The van der Waals surface area contributed by atoms with E-state index in [0.29, 0.717) is 11.3 Å². The van der Waals surface area contributed by atoms with Crippen LogP contribution in [-0.4, -0.2) is 25.1 Å². The number of hydrogen-bond acceptors (Lipinski definition) is 3. The first kappa shape index (κ1) is 9.38. The van der Waals surface area contributed by atoms with Crippen LogP contribution >= 0.6 is 0 Å². The fraction of sp³-hybridized carbons (Fsp3) is 0.222. The molecule has 0 heterocycles. The minimum absolute atomic E-state index is 0.0728. The Morgan fingerprint density at radius 1 is 1.38 bits per heavy atom. The predicted molar refractivity (Wildman–Crippen MR) is 51.0 cm³/mol. The molecule has 0 aliphatic rings. The van der Waals surface area contributed by atoms with Gasteiger partial charge in [-0.15, -0.1) is 0 Å². The number of aromatic hydroxyl groups is 1. The molecule has 0 spiro atoms. The smallest absolute Gasteiger partial charge is 0.251 e. The van der Waals surface area contributed by atoms with Crippen molar-refractivity contribution in [3.8, 4) is 5.75 Å². The lowest BCUT2D eigenvalue weighted by Crippen LogP contribution is -2.17. The third-order valence-corrected chi connectivity index (χ3v) is 1.76. The third kappa shape index (κ3) is 1.90. The number of nitrogens with one attached hydrogen (secondary N) is 2. The number of phenolic OH excluding ortho intramolecular Hbond substituents is 1. The van der Waals surface area contributed by atoms with E-state index in [0.717, 1.165) is 0 Å². The molecule has 0 aliphatic heterocycles. The summed E-state index contributed by atoms with van der Waals surface area (Å²) in [5.74, 6) is -0.137. The summed E-state index contributed by atoms with van der Waals surface area (Å²) in [4.78, 5) is 11.1. The van der Waals surface area contributed by atoms with Gasteiger partial charge in [-0.1, -0.05) is 0 Å². The van der Waals surface area contributed by atoms with Crippen LogP contribution < -0.4 is 10.6 Å². The molecule has 1 aromatic rings. The Morgan fingerprint density at radius 3 is 2.54 bits per heavy atom. The molecule has 0 aromatic heterocycles. The number of phenols is 1. The van der Waals surface area contributed by atoms with Gasteiger partial charge in [0.15, 0.2) is 0 Å². The van der Waals surface area contributed by atoms with Crippen LogP contribution in [-0.2, 0) is 0 Å². The molecule has 0 aliphatic carbocycles. The Labute approximate surface area is 76.6 Å². The van der Waals surface area contributed by atoms with Crippen molar-refractivity contribution in [3.63, 3.8) is 0 Å². The van der Waals surface area contributed by atoms with Gasteiger partial charge in [-0.25, -0.2) is 0 Å². The minimum atomic E-state index is -0.210. The summed E-state index contributed by atoms with van der Waals surface area (Å²) in [6.45, 7) is 0. The van der Waals surface area contributed by atoms with Crippen molar-refractivity contribution < 1.29 is 9.90 Å². The topological polar surface area (TPSA) is 61.4 Å². The van der Waals surface area contributed by atoms with Crippen LogP contribution in [0.5, 0.6) is 5.75 Å². The predicted octanol–water partition coefficient (Wildman–Crippen LogP) is 0.793. The molecule has 1 rings (SSSR count). The van der Waals surface area contributed by atoms with Crippen LogP contribution in [0, 0.1) is 0 Å². The van der Waals surface area contributed by atoms with E-state index in [4.69, 9.17) is 0 Å². The van der Waals surface area contributed by atoms with Crippen molar-refractivity contribution in [1.82, 2.24) is 5.32 Å². The van der Waals surface area contributed by atoms with Crippen molar-refractivity contribution in [3.05, 3.63) is 23.8 Å². The zero-order valence-corrected chi connectivity index (χ0v) is 7.59. The Hall–Kier alpha value is -1.71. The number of carbonyl (C=O) groups is 1. The Balaban J connectivity index is 3.02. The number of hydrogen-bond donors (Lipinski definition) is 3. The second-order valence-electron chi connectivity index (χ2n) is 2.56. The fourth-order valence-electron chi connectivity index (χ4n) is 1.03. The third-order valence-electron chi connectivity index (χ3n) is 1.76. The summed E-state index contributed by atoms with van der Waals surface area (Å²) in [6.07, 6.45) is 0. The van der Waals surface area contributed by atoms with Gasteiger partial charge < -0.3 is 15.7 Å². The number of benzene rings is 1. The average Bonchev–Trinajstić information content (AvgIpc) is 2.16. The van der Waals surface area contributed by atoms with E-state index in [9.17, 15) is 9.90 Å². The van der Waals surface area contributed by atoms with E-state index in [1.54, 1.807) is 26.2 Å². The molecule has 0 saturated carbocycles. The molecule has 3 N–H and O–H groups in total. The summed E-state index contributed by atoms with van der Waals surface area (Å²) in [5, 5.41) is 14.7. The molecule has 4 heteroatoms. The van der Waals surface area contributed by atoms with Crippen molar-refractivity contribution in [1.29, 1.82) is 0 Å². The van der Waals surface area contributed by atoms with Crippen LogP contribution in [0.4, 0.5) is 5.69 Å². The summed E-state index contributed by atoms with van der Waals surface area (Å²) in [7, 11) is 3.25. The first-order valence-corrected chi connectivity index (χ1v) is 3.92. The second-order valence-corrected chi connectivity index (χ2v) is 2.56. The lowest BCUT2D eigenvalue weighted by atomic mass is 10.2. The maximum atomic E-state index is 11.1. The molecule has 0 bridgehead atoms. The molecule has 1 amide bonds. The van der Waals surface area contributed by atoms with Crippen molar-refractivity contribution in [2.75, 3.05) is 19.4 Å². The summed E-state index contributed by atoms with van der Waals surface area (Å²) in [6, 6.07) is 4.72. The van der Waals surface area contributed by atoms with E-state index in [2.05, 4.69) is 10.6 Å². The van der Waals surface area contributed by atoms with Gasteiger partial charge in [-0.3, -0.25) is 4.79 Å². The zero-order chi connectivity index (χ0) is 9.84. The van der Waals surface area contributed by atoms with Gasteiger partial charge in [-0.2, -0.15) is 0 Å². The average molecular weight is 180 g/mol. The van der Waals surface area contributed by atoms with E-state index < -0.39 is 0 Å². The van der Waals surface area contributed by atoms with Crippen LogP contribution in [0.1, 0.15) is 10.4 Å². The van der Waals surface area contributed by atoms with Gasteiger partial charge in [0.1, 0.15) is 5.75 Å². The first-order chi connectivity index (χ1) is 6.19. The summed E-state index contributed by atoms with van der Waals surface area (Å²) in [5.41, 5.74) is 1.05. The van der Waals surface area contributed by atoms with E-state index in [-0.39, 0.29) is 11.7 Å². The van der Waals surface area contributed by atoms with Gasteiger partial charge in [0, 0.05) is 19.7 Å². The monoisotopic (exact) mass is 180 g/mol. The molecular formula is C9H12N2O2. The Morgan fingerprint density at radius 2 is 2.08 bits per heavy atom. The van der Waals surface area contributed by atoms with Crippen molar-refractivity contribution in [2.45, 2.75) is 0 Å². The molecule has 0 unspecified atom stereocenters. The highest BCUT2D eigenvalue weighted by atomic mass is 16.3. The number of carbonyl (C=O) groups excluding carboxylic acids is 1. The summed E-state index contributed by atoms with van der Waals surface area (Å²) >= 11 is 0. The van der Waals surface area contributed by atoms with E-state index in [1.807, 2.05) is 0 Å². The molecule has 0 atom stereocenters. The van der Waals surface area contributed by atoms with Gasteiger partial charge in [0.05, 0.1) is 5.69 Å². The van der Waals surface area contributed by atoms with Crippen LogP contribution in [0.2, 0.25) is 0 Å². The molecule has 70 valence electrons. The highest BCUT2D eigenvalue weighted by Gasteiger charge is 2.05. The summed E-state index contributed by atoms with van der Waals surface area (Å²) < 4.78 is 0. The maximum Gasteiger partial charge on any atom is 0.251 e. The van der Waals surface area contributed by atoms with Gasteiger partial charge >= 0.3 is 0 Å². The van der Waals surface area contributed by atoms with Crippen LogP contribution in [0.3, 0.4) is 0 Å².